The molecule has 0 radical (unpaired) electrons. The molecular formula is C29H32ClN7O2. The molecule has 10 heteroatoms. The van der Waals surface area contributed by atoms with E-state index < -0.39 is 0 Å². The second kappa shape index (κ2) is 10.5. The van der Waals surface area contributed by atoms with E-state index in [2.05, 4.69) is 35.6 Å². The summed E-state index contributed by atoms with van der Waals surface area (Å²) in [4.78, 5) is 33.2. The van der Waals surface area contributed by atoms with Crippen molar-refractivity contribution in [1.82, 2.24) is 29.3 Å². The Morgan fingerprint density at radius 1 is 1.08 bits per heavy atom. The first kappa shape index (κ1) is 25.6. The minimum Gasteiger partial charge on any atom is -0.462 e. The fourth-order valence-corrected chi connectivity index (χ4v) is 5.99. The van der Waals surface area contributed by atoms with Crippen LogP contribution in [-0.2, 0) is 11.8 Å². The van der Waals surface area contributed by atoms with Gasteiger partial charge in [-0.15, -0.1) is 0 Å². The van der Waals surface area contributed by atoms with Crippen molar-refractivity contribution in [3.05, 3.63) is 54.1 Å². The largest absolute Gasteiger partial charge is 0.462 e. The molecule has 6 rings (SSSR count). The van der Waals surface area contributed by atoms with E-state index in [1.165, 1.54) is 12.5 Å². The highest BCUT2D eigenvalue weighted by atomic mass is 35.5. The minimum absolute atomic E-state index is 0.0529. The molecule has 0 aliphatic carbocycles. The summed E-state index contributed by atoms with van der Waals surface area (Å²) in [5.41, 5.74) is 2.32. The zero-order valence-electron chi connectivity index (χ0n) is 22.3. The molecule has 0 spiro atoms. The average molecular weight is 546 g/mol. The molecule has 4 aromatic rings. The Hall–Kier alpha value is -3.69. The van der Waals surface area contributed by atoms with Gasteiger partial charge in [-0.3, -0.25) is 4.79 Å². The number of likely N-dealkylation sites (N-methyl/N-ethyl adjacent to an activating group) is 1. The molecule has 2 aromatic carbocycles. The number of anilines is 1. The van der Waals surface area contributed by atoms with Crippen molar-refractivity contribution in [2.45, 2.75) is 18.9 Å². The SMILES string of the molecule is C=CC(=O)N1CCN(c2nc(OC[C@@H]3CCCN3C)nc3nc(-c4cccc5cccc(Cl)c45)n(C)c23)CC1. The van der Waals surface area contributed by atoms with Gasteiger partial charge < -0.3 is 24.0 Å². The molecule has 2 aliphatic rings. The van der Waals surface area contributed by atoms with E-state index in [9.17, 15) is 4.79 Å². The van der Waals surface area contributed by atoms with Crippen LogP contribution in [0.3, 0.4) is 0 Å². The van der Waals surface area contributed by atoms with E-state index in [0.717, 1.165) is 46.5 Å². The average Bonchev–Trinajstić information content (AvgIpc) is 3.53. The first-order chi connectivity index (χ1) is 18.9. The number of imidazole rings is 1. The summed E-state index contributed by atoms with van der Waals surface area (Å²) in [5.74, 6) is 1.46. The van der Waals surface area contributed by atoms with Gasteiger partial charge in [0.25, 0.3) is 0 Å². The highest BCUT2D eigenvalue weighted by Crippen LogP contribution is 2.36. The third-order valence-electron chi connectivity index (χ3n) is 7.93. The molecule has 1 atom stereocenters. The molecule has 0 N–H and O–H groups in total. The Labute approximate surface area is 232 Å². The molecule has 0 unspecified atom stereocenters. The number of aryl methyl sites for hydroxylation is 1. The van der Waals surface area contributed by atoms with Gasteiger partial charge in [0.15, 0.2) is 11.5 Å². The number of fused-ring (bicyclic) bond motifs is 2. The van der Waals surface area contributed by atoms with Gasteiger partial charge in [0, 0.05) is 55.2 Å². The Morgan fingerprint density at radius 3 is 2.56 bits per heavy atom. The molecule has 9 nitrogen and oxygen atoms in total. The lowest BCUT2D eigenvalue weighted by molar-refractivity contribution is -0.126. The van der Waals surface area contributed by atoms with Gasteiger partial charge in [0.05, 0.1) is 0 Å². The number of likely N-dealkylation sites (tertiary alicyclic amines) is 1. The van der Waals surface area contributed by atoms with Crippen molar-refractivity contribution in [3.8, 4) is 17.4 Å². The summed E-state index contributed by atoms with van der Waals surface area (Å²) >= 11 is 6.67. The van der Waals surface area contributed by atoms with Crippen molar-refractivity contribution in [2.75, 3.05) is 51.3 Å². The van der Waals surface area contributed by atoms with Crippen LogP contribution in [0.1, 0.15) is 12.8 Å². The Balaban J connectivity index is 1.44. The zero-order valence-corrected chi connectivity index (χ0v) is 23.1. The second-order valence-electron chi connectivity index (χ2n) is 10.2. The molecule has 39 heavy (non-hydrogen) atoms. The smallest absolute Gasteiger partial charge is 0.320 e. The molecule has 2 fully saturated rings. The van der Waals surface area contributed by atoms with E-state index in [-0.39, 0.29) is 5.91 Å². The van der Waals surface area contributed by atoms with E-state index in [4.69, 9.17) is 31.3 Å². The Kier molecular flexibility index (Phi) is 6.86. The molecule has 4 heterocycles. The molecule has 202 valence electrons. The summed E-state index contributed by atoms with van der Waals surface area (Å²) in [6.45, 7) is 7.68. The van der Waals surface area contributed by atoms with E-state index in [1.54, 1.807) is 0 Å². The monoisotopic (exact) mass is 545 g/mol. The lowest BCUT2D eigenvalue weighted by atomic mass is 10.0. The van der Waals surface area contributed by atoms with E-state index in [1.807, 2.05) is 40.8 Å². The normalized spacial score (nSPS) is 18.3. The predicted molar refractivity (Wildman–Crippen MR) is 154 cm³/mol. The summed E-state index contributed by atoms with van der Waals surface area (Å²) in [7, 11) is 4.11. The lowest BCUT2D eigenvalue weighted by Gasteiger charge is -2.35. The number of carbonyl (C=O) groups excluding carboxylic acids is 1. The van der Waals surface area contributed by atoms with Crippen LogP contribution in [0.4, 0.5) is 5.82 Å². The highest BCUT2D eigenvalue weighted by Gasteiger charge is 2.27. The Morgan fingerprint density at radius 2 is 1.85 bits per heavy atom. The van der Waals surface area contributed by atoms with Crippen molar-refractivity contribution >= 4 is 45.3 Å². The van der Waals surface area contributed by atoms with Gasteiger partial charge in [-0.05, 0) is 44.0 Å². The van der Waals surface area contributed by atoms with Gasteiger partial charge in [0.1, 0.15) is 17.9 Å². The minimum atomic E-state index is -0.0529. The number of hydrogen-bond donors (Lipinski definition) is 0. The first-order valence-electron chi connectivity index (χ1n) is 13.4. The van der Waals surface area contributed by atoms with Gasteiger partial charge in [-0.2, -0.15) is 9.97 Å². The van der Waals surface area contributed by atoms with Gasteiger partial charge in [0.2, 0.25) is 5.91 Å². The number of benzene rings is 2. The number of hydrogen-bond acceptors (Lipinski definition) is 7. The number of piperazine rings is 1. The highest BCUT2D eigenvalue weighted by molar-refractivity contribution is 6.36. The van der Waals surface area contributed by atoms with Crippen LogP contribution in [-0.4, -0.2) is 87.6 Å². The van der Waals surface area contributed by atoms with Crippen molar-refractivity contribution in [2.24, 2.45) is 7.05 Å². The number of ether oxygens (including phenoxy) is 1. The fraction of sp³-hybridized carbons (Fsp3) is 0.379. The topological polar surface area (TPSA) is 79.6 Å². The molecule has 0 bridgehead atoms. The van der Waals surface area contributed by atoms with Crippen LogP contribution in [0.5, 0.6) is 6.01 Å². The second-order valence-corrected chi connectivity index (χ2v) is 10.7. The van der Waals surface area contributed by atoms with Crippen molar-refractivity contribution < 1.29 is 9.53 Å². The van der Waals surface area contributed by atoms with E-state index >= 15 is 0 Å². The number of nitrogens with zero attached hydrogens (tertiary/aromatic N) is 7. The van der Waals surface area contributed by atoms with Crippen LogP contribution < -0.4 is 9.64 Å². The van der Waals surface area contributed by atoms with Crippen molar-refractivity contribution in [3.63, 3.8) is 0 Å². The Bertz CT molecular complexity index is 1560. The van der Waals surface area contributed by atoms with Crippen LogP contribution in [0.25, 0.3) is 33.3 Å². The third kappa shape index (κ3) is 4.70. The fourth-order valence-electron chi connectivity index (χ4n) is 5.71. The summed E-state index contributed by atoms with van der Waals surface area (Å²) < 4.78 is 8.22. The first-order valence-corrected chi connectivity index (χ1v) is 13.7. The number of aromatic nitrogens is 4. The molecule has 2 aliphatic heterocycles. The lowest BCUT2D eigenvalue weighted by Crippen LogP contribution is -2.48. The molecule has 2 saturated heterocycles. The van der Waals surface area contributed by atoms with Crippen LogP contribution >= 0.6 is 11.6 Å². The maximum atomic E-state index is 12.2. The zero-order chi connectivity index (χ0) is 27.1. The van der Waals surface area contributed by atoms with Crippen LogP contribution in [0, 0.1) is 0 Å². The van der Waals surface area contributed by atoms with Gasteiger partial charge in [-0.25, -0.2) is 4.98 Å². The van der Waals surface area contributed by atoms with Gasteiger partial charge in [-0.1, -0.05) is 48.5 Å². The molecule has 2 aromatic heterocycles. The predicted octanol–water partition coefficient (Wildman–Crippen LogP) is 4.14. The maximum absolute atomic E-state index is 12.2. The summed E-state index contributed by atoms with van der Waals surface area (Å²) in [6.07, 6.45) is 3.63. The molecule has 1 amide bonds. The quantitative estimate of drug-likeness (QED) is 0.337. The van der Waals surface area contributed by atoms with Crippen LogP contribution in [0.2, 0.25) is 5.02 Å². The molecular weight excluding hydrogens is 514 g/mol. The number of rotatable bonds is 6. The standard InChI is InChI=1S/C29H32ClN7O2/c1-4-23(38)36-14-16-37(17-15-36)28-25-26(32-29(33-28)39-18-20-10-7-13-34(20)2)31-27(35(25)3)21-11-5-8-19-9-6-12-22(30)24(19)21/h4-6,8-9,11-12,20H,1,7,10,13-18H2,2-3H3/t20-/m0/s1. The number of halogens is 1. The van der Waals surface area contributed by atoms with Crippen LogP contribution in [0.15, 0.2) is 49.1 Å². The summed E-state index contributed by atoms with van der Waals surface area (Å²) in [5, 5.41) is 2.67. The maximum Gasteiger partial charge on any atom is 0.320 e. The molecule has 0 saturated carbocycles. The van der Waals surface area contributed by atoms with Gasteiger partial charge >= 0.3 is 6.01 Å². The number of carbonyl (C=O) groups is 1. The summed E-state index contributed by atoms with van der Waals surface area (Å²) in [6, 6.07) is 12.7. The third-order valence-corrected chi connectivity index (χ3v) is 8.24. The van der Waals surface area contributed by atoms with E-state index in [0.29, 0.717) is 55.5 Å². The number of amides is 1. The van der Waals surface area contributed by atoms with Crippen molar-refractivity contribution in [1.29, 1.82) is 0 Å².